The quantitative estimate of drug-likeness (QED) is 0.0498. The molecular weight excluding hydrogens is 1040 g/mol. The summed E-state index contributed by atoms with van der Waals surface area (Å²) in [7, 11) is 5.33. The number of carbonyl (C=O) groups is 3. The van der Waals surface area contributed by atoms with Gasteiger partial charge in [0.25, 0.3) is 0 Å². The summed E-state index contributed by atoms with van der Waals surface area (Å²) in [6.07, 6.45) is -0.0404. The Hall–Kier alpha value is -4.52. The van der Waals surface area contributed by atoms with E-state index in [1.54, 1.807) is 76.2 Å². The van der Waals surface area contributed by atoms with E-state index in [0.29, 0.717) is 36.1 Å². The first-order valence-electron chi connectivity index (χ1n) is 29.2. The lowest BCUT2D eigenvalue weighted by atomic mass is 9.73. The number of carbonyl (C=O) groups excluding carboxylic acids is 3. The number of methoxy groups -OCH3 is 1. The summed E-state index contributed by atoms with van der Waals surface area (Å²) in [5.41, 5.74) is -3.61. The minimum Gasteiger partial charge on any atom is -0.459 e. The van der Waals surface area contributed by atoms with Gasteiger partial charge in [-0.2, -0.15) is 0 Å². The molecule has 1 saturated carbocycles. The molecule has 0 amide bonds. The van der Waals surface area contributed by atoms with E-state index in [4.69, 9.17) is 63.8 Å². The average molecular weight is 1140 g/mol. The number of benzene rings is 2. The molecule has 2 aromatic rings. The van der Waals surface area contributed by atoms with Gasteiger partial charge in [0.15, 0.2) is 24.8 Å². The van der Waals surface area contributed by atoms with Crippen LogP contribution in [0.25, 0.3) is 0 Å². The standard InChI is InChI=1S/C63H94N2O16/c1-17-34-72-61(12)36-39(5)50(64-81-63(80-38(3)4)32-26-21-27-33-63)41(7)53(66)62(13,70)48(18-2)75-56(67)43(9)51(76-49-37-60(11,71-16)55(44(10)74-49)78-58(69)46-30-24-20-25-31-46)42(8)54(61)79-59-52(47(65(14)15)35-40(6)73-59)77-57(68)45-28-22-19-23-29-45/h1,19-20,22-25,28-31,38-44,47-49,51-55,59,66,70H,18,21,26-27,32-37H2,2-16H3/b64-50+/t39-,40-,41+,42+,43-,44+,47+,48-,49+,51+,52-,53-,54-,55+,59+,60-,61+,62-/m1/s1. The molecule has 0 aromatic heterocycles. The van der Waals surface area contributed by atoms with Crippen molar-refractivity contribution < 1.29 is 76.8 Å². The summed E-state index contributed by atoms with van der Waals surface area (Å²) < 4.78 is 66.6. The summed E-state index contributed by atoms with van der Waals surface area (Å²) in [6, 6.07) is 16.9. The summed E-state index contributed by atoms with van der Waals surface area (Å²) in [5.74, 6) is -3.86. The Morgan fingerprint density at radius 3 is 1.99 bits per heavy atom. The minimum absolute atomic E-state index is 0.0302. The highest BCUT2D eigenvalue weighted by atomic mass is 16.8. The number of nitrogens with zero attached hydrogens (tertiary/aromatic N) is 2. The lowest BCUT2D eigenvalue weighted by molar-refractivity contribution is -0.319. The fourth-order valence-corrected chi connectivity index (χ4v) is 12.6. The van der Waals surface area contributed by atoms with E-state index < -0.39 is 132 Å². The summed E-state index contributed by atoms with van der Waals surface area (Å²) in [6.45, 7) is 21.5. The molecule has 4 aliphatic rings. The van der Waals surface area contributed by atoms with Gasteiger partial charge in [0.1, 0.15) is 23.9 Å². The van der Waals surface area contributed by atoms with Crippen LogP contribution >= 0.6 is 0 Å². The second-order valence-electron chi connectivity index (χ2n) is 24.3. The van der Waals surface area contributed by atoms with Gasteiger partial charge in [0.05, 0.1) is 71.0 Å². The Labute approximate surface area is 481 Å². The van der Waals surface area contributed by atoms with Crippen molar-refractivity contribution in [3.8, 4) is 12.3 Å². The topological polar surface area (TPSA) is 209 Å². The molecule has 2 aromatic carbocycles. The van der Waals surface area contributed by atoms with Gasteiger partial charge in [-0.05, 0) is 126 Å². The van der Waals surface area contributed by atoms with Gasteiger partial charge in [-0.3, -0.25) is 4.79 Å². The number of hydrogen-bond donors (Lipinski definition) is 2. The number of terminal acetylenes is 1. The smallest absolute Gasteiger partial charge is 0.338 e. The van der Waals surface area contributed by atoms with Crippen LogP contribution in [0.3, 0.4) is 0 Å². The van der Waals surface area contributed by atoms with Gasteiger partial charge < -0.3 is 67.3 Å². The maximum atomic E-state index is 15.1. The van der Waals surface area contributed by atoms with E-state index in [-0.39, 0.29) is 32.0 Å². The number of hydrogen-bond acceptors (Lipinski definition) is 18. The maximum Gasteiger partial charge on any atom is 0.338 e. The molecule has 452 valence electrons. The normalized spacial score (nSPS) is 37.6. The number of aliphatic hydroxyl groups excluding tert-OH is 1. The fourth-order valence-electron chi connectivity index (χ4n) is 12.6. The third-order valence-electron chi connectivity index (χ3n) is 17.1. The molecule has 0 unspecified atom stereocenters. The van der Waals surface area contributed by atoms with Crippen molar-refractivity contribution in [3.63, 3.8) is 0 Å². The molecule has 1 aliphatic carbocycles. The van der Waals surface area contributed by atoms with Gasteiger partial charge in [0, 0.05) is 44.1 Å². The van der Waals surface area contributed by atoms with Crippen molar-refractivity contribution >= 4 is 23.6 Å². The molecule has 4 fully saturated rings. The summed E-state index contributed by atoms with van der Waals surface area (Å²) >= 11 is 0. The van der Waals surface area contributed by atoms with Crippen molar-refractivity contribution in [3.05, 3.63) is 71.8 Å². The SMILES string of the molecule is C#CCO[C@@]1(C)C[C@@H](C)/C(=N\OC2(OC(C)C)CCCCC2)[C@H](C)[C@@H](O)[C@](C)(O)[C@@H](CC)OC(=O)[C@H](C)[C@@H](O[C@H]2C[C@@](C)(OC)[C@@H](OC(=O)c3ccccc3)[C@H](C)O2)[C@H](C)[C@H]1O[C@@H]1O[C@H](C)C[C@H](N(C)C)[C@H]1OC(=O)c1ccccc1. The molecule has 0 bridgehead atoms. The zero-order chi connectivity index (χ0) is 59.6. The van der Waals surface area contributed by atoms with Crippen LogP contribution in [0.5, 0.6) is 0 Å². The van der Waals surface area contributed by atoms with E-state index in [1.165, 1.54) is 14.0 Å². The Bertz CT molecular complexity index is 2410. The van der Waals surface area contributed by atoms with Crippen LogP contribution in [-0.4, -0.2) is 163 Å². The monoisotopic (exact) mass is 1130 g/mol. The highest BCUT2D eigenvalue weighted by molar-refractivity contribution is 5.90. The second kappa shape index (κ2) is 28.4. The van der Waals surface area contributed by atoms with Crippen molar-refractivity contribution in [2.24, 2.45) is 28.8 Å². The fraction of sp³-hybridized carbons (Fsp3) is 0.714. The van der Waals surface area contributed by atoms with Crippen molar-refractivity contribution in [1.82, 2.24) is 4.90 Å². The molecule has 18 nitrogen and oxygen atoms in total. The molecule has 81 heavy (non-hydrogen) atoms. The van der Waals surface area contributed by atoms with Gasteiger partial charge in [-0.1, -0.05) is 81.6 Å². The minimum atomic E-state index is -2.03. The van der Waals surface area contributed by atoms with Gasteiger partial charge in [0.2, 0.25) is 5.79 Å². The molecule has 2 N–H and O–H groups in total. The number of oxime groups is 1. The van der Waals surface area contributed by atoms with Crippen molar-refractivity contribution in [2.75, 3.05) is 27.8 Å². The zero-order valence-corrected chi connectivity index (χ0v) is 50.7. The number of rotatable bonds is 17. The lowest BCUT2D eigenvalue weighted by Crippen LogP contribution is -2.62. The number of cyclic esters (lactones) is 1. The van der Waals surface area contributed by atoms with Crippen LogP contribution in [0.4, 0.5) is 0 Å². The predicted molar refractivity (Wildman–Crippen MR) is 304 cm³/mol. The predicted octanol–water partition coefficient (Wildman–Crippen LogP) is 9.06. The van der Waals surface area contributed by atoms with E-state index in [0.717, 1.165) is 19.3 Å². The molecule has 3 saturated heterocycles. The van der Waals surface area contributed by atoms with Crippen LogP contribution in [0.2, 0.25) is 0 Å². The molecule has 18 heteroatoms. The summed E-state index contributed by atoms with van der Waals surface area (Å²) in [5, 5.41) is 30.0. The second-order valence-corrected chi connectivity index (χ2v) is 24.3. The van der Waals surface area contributed by atoms with Crippen LogP contribution < -0.4 is 0 Å². The molecule has 6 rings (SSSR count). The first kappa shape index (κ1) is 65.6. The van der Waals surface area contributed by atoms with E-state index in [1.807, 2.05) is 79.6 Å². The third kappa shape index (κ3) is 15.8. The Morgan fingerprint density at radius 2 is 1.43 bits per heavy atom. The molecule has 3 aliphatic heterocycles. The Morgan fingerprint density at radius 1 is 0.827 bits per heavy atom. The van der Waals surface area contributed by atoms with Gasteiger partial charge in [-0.25, -0.2) is 9.59 Å². The summed E-state index contributed by atoms with van der Waals surface area (Å²) in [4.78, 5) is 51.5. The third-order valence-corrected chi connectivity index (χ3v) is 17.1. The molecule has 0 spiro atoms. The lowest BCUT2D eigenvalue weighted by Gasteiger charge is -2.50. The first-order valence-corrected chi connectivity index (χ1v) is 29.2. The van der Waals surface area contributed by atoms with Crippen LogP contribution in [-0.2, 0) is 57.0 Å². The highest BCUT2D eigenvalue weighted by Gasteiger charge is 2.56. The Balaban J connectivity index is 1.54. The molecule has 3 heterocycles. The zero-order valence-electron chi connectivity index (χ0n) is 50.7. The number of esters is 3. The van der Waals surface area contributed by atoms with E-state index >= 15 is 4.79 Å². The van der Waals surface area contributed by atoms with Gasteiger partial charge >= 0.3 is 17.9 Å². The van der Waals surface area contributed by atoms with Crippen LogP contribution in [0, 0.1) is 36.0 Å². The van der Waals surface area contributed by atoms with Crippen molar-refractivity contribution in [1.29, 1.82) is 0 Å². The van der Waals surface area contributed by atoms with Crippen molar-refractivity contribution in [2.45, 2.75) is 237 Å². The van der Waals surface area contributed by atoms with Gasteiger partial charge in [-0.15, -0.1) is 6.42 Å². The number of likely N-dealkylation sites (N-methyl/N-ethyl adjacent to an activating group) is 1. The number of aliphatic hydroxyl groups is 2. The molecule has 18 atom stereocenters. The van der Waals surface area contributed by atoms with Crippen LogP contribution in [0.15, 0.2) is 65.8 Å². The maximum absolute atomic E-state index is 15.1. The van der Waals surface area contributed by atoms with E-state index in [9.17, 15) is 19.8 Å². The highest BCUT2D eigenvalue weighted by Crippen LogP contribution is 2.44. The number of ether oxygens (including phenoxy) is 10. The largest absolute Gasteiger partial charge is 0.459 e. The molecular formula is C63H94N2O16. The Kier molecular flexibility index (Phi) is 23.0. The first-order chi connectivity index (χ1) is 38.2. The van der Waals surface area contributed by atoms with E-state index in [2.05, 4.69) is 5.92 Å². The molecule has 0 radical (unpaired) electrons. The van der Waals surface area contributed by atoms with Crippen LogP contribution in [0.1, 0.15) is 162 Å². The average Bonchev–Trinajstić information content (AvgIpc) is 3.43.